The molecule has 0 aliphatic carbocycles. The van der Waals surface area contributed by atoms with Crippen LogP contribution < -0.4 is 5.32 Å². The topological polar surface area (TPSA) is 12.0 Å². The van der Waals surface area contributed by atoms with E-state index in [9.17, 15) is 0 Å². The molecule has 0 radical (unpaired) electrons. The molecule has 1 nitrogen and oxygen atoms in total. The number of rotatable bonds is 5. The highest BCUT2D eigenvalue weighted by Gasteiger charge is 2.13. The van der Waals surface area contributed by atoms with Gasteiger partial charge in [0, 0.05) is 25.2 Å². The van der Waals surface area contributed by atoms with Crippen molar-refractivity contribution in [2.24, 2.45) is 0 Å². The van der Waals surface area contributed by atoms with E-state index in [0.29, 0.717) is 6.04 Å². The SMILES string of the molecule is CCNC(Cc1ccc(Br)cc1)c1cc(Br)cs1. The van der Waals surface area contributed by atoms with E-state index in [1.54, 1.807) is 11.3 Å². The van der Waals surface area contributed by atoms with Gasteiger partial charge < -0.3 is 5.32 Å². The molecule has 1 atom stereocenters. The van der Waals surface area contributed by atoms with Gasteiger partial charge in [0.15, 0.2) is 0 Å². The van der Waals surface area contributed by atoms with Crippen LogP contribution in [0.2, 0.25) is 0 Å². The number of halogens is 2. The maximum Gasteiger partial charge on any atom is 0.0455 e. The number of benzene rings is 1. The third-order valence-corrected chi connectivity index (χ3v) is 5.07. The molecule has 96 valence electrons. The Morgan fingerprint density at radius 3 is 2.44 bits per heavy atom. The fourth-order valence-corrected chi connectivity index (χ4v) is 3.67. The standard InChI is InChI=1S/C14H15Br2NS/c1-2-17-13(14-8-12(16)9-18-14)7-10-3-5-11(15)6-4-10/h3-6,8-9,13,17H,2,7H2,1H3. The molecular formula is C14H15Br2NS. The van der Waals surface area contributed by atoms with Crippen molar-refractivity contribution in [3.8, 4) is 0 Å². The number of likely N-dealkylation sites (N-methyl/N-ethyl adjacent to an activating group) is 1. The summed E-state index contributed by atoms with van der Waals surface area (Å²) in [6, 6.07) is 11.2. The van der Waals surface area contributed by atoms with E-state index in [0.717, 1.165) is 17.4 Å². The van der Waals surface area contributed by atoms with Crippen LogP contribution in [0.4, 0.5) is 0 Å². The average Bonchev–Trinajstić information content (AvgIpc) is 2.78. The van der Waals surface area contributed by atoms with Crippen LogP contribution in [0.3, 0.4) is 0 Å². The van der Waals surface area contributed by atoms with Crippen LogP contribution in [0.15, 0.2) is 44.7 Å². The van der Waals surface area contributed by atoms with Gasteiger partial charge in [-0.25, -0.2) is 0 Å². The number of hydrogen-bond donors (Lipinski definition) is 1. The van der Waals surface area contributed by atoms with Gasteiger partial charge in [0.2, 0.25) is 0 Å². The maximum atomic E-state index is 3.55. The van der Waals surface area contributed by atoms with Crippen molar-refractivity contribution in [1.82, 2.24) is 5.32 Å². The van der Waals surface area contributed by atoms with Crippen LogP contribution in [0.5, 0.6) is 0 Å². The Kier molecular flexibility index (Phi) is 5.42. The first-order chi connectivity index (χ1) is 8.69. The quantitative estimate of drug-likeness (QED) is 0.745. The van der Waals surface area contributed by atoms with Gasteiger partial charge in [0.05, 0.1) is 0 Å². The lowest BCUT2D eigenvalue weighted by atomic mass is 10.0. The minimum absolute atomic E-state index is 0.396. The molecule has 0 saturated carbocycles. The first kappa shape index (κ1) is 14.3. The summed E-state index contributed by atoms with van der Waals surface area (Å²) in [5.74, 6) is 0. The zero-order valence-corrected chi connectivity index (χ0v) is 14.1. The summed E-state index contributed by atoms with van der Waals surface area (Å²) in [5, 5.41) is 5.69. The molecule has 1 N–H and O–H groups in total. The third kappa shape index (κ3) is 3.92. The Bertz CT molecular complexity index is 493. The lowest BCUT2D eigenvalue weighted by molar-refractivity contribution is 0.558. The normalized spacial score (nSPS) is 12.6. The monoisotopic (exact) mass is 387 g/mol. The third-order valence-electron chi connectivity index (χ3n) is 2.73. The van der Waals surface area contributed by atoms with E-state index in [1.807, 2.05) is 0 Å². The van der Waals surface area contributed by atoms with Crippen molar-refractivity contribution >= 4 is 43.2 Å². The predicted molar refractivity (Wildman–Crippen MR) is 86.3 cm³/mol. The van der Waals surface area contributed by atoms with Gasteiger partial charge in [0.25, 0.3) is 0 Å². The minimum Gasteiger partial charge on any atom is -0.309 e. The highest BCUT2D eigenvalue weighted by molar-refractivity contribution is 9.10. The Hall–Kier alpha value is -0.160. The Morgan fingerprint density at radius 1 is 1.17 bits per heavy atom. The lowest BCUT2D eigenvalue weighted by Gasteiger charge is -2.16. The summed E-state index contributed by atoms with van der Waals surface area (Å²) in [5.41, 5.74) is 1.36. The van der Waals surface area contributed by atoms with Crippen LogP contribution in [0.25, 0.3) is 0 Å². The molecule has 0 amide bonds. The summed E-state index contributed by atoms with van der Waals surface area (Å²) in [4.78, 5) is 1.38. The fraction of sp³-hybridized carbons (Fsp3) is 0.286. The smallest absolute Gasteiger partial charge is 0.0455 e. The van der Waals surface area contributed by atoms with E-state index in [2.05, 4.69) is 79.8 Å². The van der Waals surface area contributed by atoms with E-state index in [1.165, 1.54) is 14.9 Å². The number of nitrogens with one attached hydrogen (secondary N) is 1. The van der Waals surface area contributed by atoms with Crippen LogP contribution in [0, 0.1) is 0 Å². The fourth-order valence-electron chi connectivity index (χ4n) is 1.89. The molecule has 18 heavy (non-hydrogen) atoms. The van der Waals surface area contributed by atoms with Crippen LogP contribution in [0.1, 0.15) is 23.4 Å². The first-order valence-corrected chi connectivity index (χ1v) is 8.37. The van der Waals surface area contributed by atoms with Gasteiger partial charge >= 0.3 is 0 Å². The van der Waals surface area contributed by atoms with Gasteiger partial charge in [-0.05, 0) is 52.7 Å². The summed E-state index contributed by atoms with van der Waals surface area (Å²) < 4.78 is 2.30. The van der Waals surface area contributed by atoms with Gasteiger partial charge in [-0.1, -0.05) is 35.0 Å². The average molecular weight is 389 g/mol. The summed E-state index contributed by atoms with van der Waals surface area (Å²) in [7, 11) is 0. The van der Waals surface area contributed by atoms with Crippen LogP contribution >= 0.6 is 43.2 Å². The van der Waals surface area contributed by atoms with Crippen molar-refractivity contribution in [3.05, 3.63) is 55.1 Å². The molecule has 2 aromatic rings. The van der Waals surface area contributed by atoms with Crippen molar-refractivity contribution in [1.29, 1.82) is 0 Å². The van der Waals surface area contributed by atoms with E-state index < -0.39 is 0 Å². The molecule has 0 fully saturated rings. The number of hydrogen-bond acceptors (Lipinski definition) is 2. The van der Waals surface area contributed by atoms with Gasteiger partial charge in [0.1, 0.15) is 0 Å². The van der Waals surface area contributed by atoms with Crippen molar-refractivity contribution in [2.45, 2.75) is 19.4 Å². The Labute approximate surface area is 129 Å². The Balaban J connectivity index is 2.13. The van der Waals surface area contributed by atoms with Crippen molar-refractivity contribution < 1.29 is 0 Å². The maximum absolute atomic E-state index is 3.55. The van der Waals surface area contributed by atoms with Crippen molar-refractivity contribution in [3.63, 3.8) is 0 Å². The van der Waals surface area contributed by atoms with Gasteiger partial charge in [-0.2, -0.15) is 0 Å². The molecule has 1 unspecified atom stereocenters. The largest absolute Gasteiger partial charge is 0.309 e. The highest BCUT2D eigenvalue weighted by Crippen LogP contribution is 2.28. The van der Waals surface area contributed by atoms with Crippen molar-refractivity contribution in [2.75, 3.05) is 6.54 Å². The molecule has 0 bridgehead atoms. The predicted octanol–water partition coefficient (Wildman–Crippen LogP) is 5.17. The van der Waals surface area contributed by atoms with E-state index >= 15 is 0 Å². The second-order valence-corrected chi connectivity index (χ2v) is 6.88. The van der Waals surface area contributed by atoms with Gasteiger partial charge in [-0.15, -0.1) is 11.3 Å². The molecule has 1 aromatic carbocycles. The summed E-state index contributed by atoms with van der Waals surface area (Å²) in [6.45, 7) is 3.13. The second kappa shape index (κ2) is 6.85. The molecule has 1 aromatic heterocycles. The van der Waals surface area contributed by atoms with E-state index in [-0.39, 0.29) is 0 Å². The molecule has 4 heteroatoms. The molecular weight excluding hydrogens is 374 g/mol. The minimum atomic E-state index is 0.396. The van der Waals surface area contributed by atoms with E-state index in [4.69, 9.17) is 0 Å². The molecule has 0 aliphatic rings. The second-order valence-electron chi connectivity index (χ2n) is 4.11. The zero-order valence-electron chi connectivity index (χ0n) is 10.1. The first-order valence-electron chi connectivity index (χ1n) is 5.90. The molecule has 0 aliphatic heterocycles. The number of thiophene rings is 1. The van der Waals surface area contributed by atoms with Crippen LogP contribution in [-0.2, 0) is 6.42 Å². The zero-order chi connectivity index (χ0) is 13.0. The van der Waals surface area contributed by atoms with Gasteiger partial charge in [-0.3, -0.25) is 0 Å². The molecule has 1 heterocycles. The molecule has 0 spiro atoms. The Morgan fingerprint density at radius 2 is 1.89 bits per heavy atom. The molecule has 2 rings (SSSR count). The molecule has 0 saturated heterocycles. The summed E-state index contributed by atoms with van der Waals surface area (Å²) >= 11 is 8.80. The lowest BCUT2D eigenvalue weighted by Crippen LogP contribution is -2.22. The highest BCUT2D eigenvalue weighted by atomic mass is 79.9. The summed E-state index contributed by atoms with van der Waals surface area (Å²) in [6.07, 6.45) is 1.02. The van der Waals surface area contributed by atoms with Crippen LogP contribution in [-0.4, -0.2) is 6.54 Å².